The van der Waals surface area contributed by atoms with Crippen LogP contribution in [0.4, 0.5) is 5.69 Å². The molecule has 1 amide bonds. The average Bonchev–Trinajstić information content (AvgIpc) is 2.41. The number of nitrogens with two attached hydrogens (primary N) is 1. The van der Waals surface area contributed by atoms with Crippen molar-refractivity contribution in [2.24, 2.45) is 0 Å². The van der Waals surface area contributed by atoms with Crippen LogP contribution >= 0.6 is 0 Å². The van der Waals surface area contributed by atoms with Gasteiger partial charge in [-0.2, -0.15) is 0 Å². The van der Waals surface area contributed by atoms with E-state index in [-0.39, 0.29) is 28.8 Å². The van der Waals surface area contributed by atoms with Crippen LogP contribution in [0.3, 0.4) is 0 Å². The average molecular weight is 316 g/mol. The van der Waals surface area contributed by atoms with E-state index in [4.69, 9.17) is 15.2 Å². The molecule has 1 atom stereocenters. The maximum atomic E-state index is 12.0. The normalized spacial score (nSPS) is 12.9. The van der Waals surface area contributed by atoms with Gasteiger partial charge in [0.1, 0.15) is 0 Å². The van der Waals surface area contributed by atoms with Gasteiger partial charge in [0, 0.05) is 38.3 Å². The topological polar surface area (TPSA) is 108 Å². The molecular weight excluding hydrogens is 296 g/mol. The first kappa shape index (κ1) is 17.4. The third-order valence-corrected chi connectivity index (χ3v) is 3.89. The van der Waals surface area contributed by atoms with Gasteiger partial charge in [0.05, 0.1) is 17.6 Å². The lowest BCUT2D eigenvalue weighted by Gasteiger charge is -2.15. The van der Waals surface area contributed by atoms with Crippen molar-refractivity contribution in [3.05, 3.63) is 23.8 Å². The molecule has 0 bridgehead atoms. The maximum Gasteiger partial charge on any atom is 0.251 e. The molecule has 0 fully saturated rings. The zero-order chi connectivity index (χ0) is 16.0. The summed E-state index contributed by atoms with van der Waals surface area (Å²) >= 11 is 0. The number of rotatable bonds is 7. The Bertz CT molecular complexity index is 601. The summed E-state index contributed by atoms with van der Waals surface area (Å²) in [5.41, 5.74) is 6.03. The molecule has 0 spiro atoms. The van der Waals surface area contributed by atoms with Gasteiger partial charge < -0.3 is 20.5 Å². The van der Waals surface area contributed by atoms with Crippen LogP contribution in [0, 0.1) is 0 Å². The molecule has 1 aromatic rings. The quantitative estimate of drug-likeness (QED) is 0.689. The second-order valence-corrected chi connectivity index (χ2v) is 6.60. The van der Waals surface area contributed by atoms with E-state index in [0.717, 1.165) is 6.26 Å². The van der Waals surface area contributed by atoms with E-state index in [1.54, 1.807) is 0 Å². The van der Waals surface area contributed by atoms with Crippen molar-refractivity contribution in [3.8, 4) is 0 Å². The molecule has 3 N–H and O–H groups in total. The number of carbonyl (C=O) groups excluding carboxylic acids is 1. The molecule has 0 radical (unpaired) electrons. The molecule has 21 heavy (non-hydrogen) atoms. The highest BCUT2D eigenvalue weighted by atomic mass is 32.2. The molecule has 1 unspecified atom stereocenters. The van der Waals surface area contributed by atoms with Crippen molar-refractivity contribution >= 4 is 21.4 Å². The van der Waals surface area contributed by atoms with E-state index in [9.17, 15) is 13.2 Å². The molecule has 0 heterocycles. The number of carbonyl (C=O) groups is 1. The first-order valence-electron chi connectivity index (χ1n) is 6.18. The van der Waals surface area contributed by atoms with E-state index < -0.39 is 15.7 Å². The van der Waals surface area contributed by atoms with Gasteiger partial charge in [-0.1, -0.05) is 0 Å². The van der Waals surface area contributed by atoms with Crippen LogP contribution < -0.4 is 11.1 Å². The maximum absolute atomic E-state index is 12.0. The summed E-state index contributed by atoms with van der Waals surface area (Å²) in [7, 11) is -0.387. The fraction of sp³-hybridized carbons (Fsp3) is 0.462. The fourth-order valence-corrected chi connectivity index (χ4v) is 2.36. The first-order valence-corrected chi connectivity index (χ1v) is 8.07. The third-order valence-electron chi connectivity index (χ3n) is 2.80. The van der Waals surface area contributed by atoms with Gasteiger partial charge in [-0.15, -0.1) is 0 Å². The van der Waals surface area contributed by atoms with Crippen LogP contribution in [0.15, 0.2) is 23.1 Å². The summed E-state index contributed by atoms with van der Waals surface area (Å²) in [6, 6.07) is 4.02. The van der Waals surface area contributed by atoms with Gasteiger partial charge in [0.2, 0.25) is 0 Å². The molecule has 118 valence electrons. The molecule has 0 aromatic heterocycles. The Hall–Kier alpha value is -1.64. The highest BCUT2D eigenvalue weighted by molar-refractivity contribution is 7.90. The molecule has 1 rings (SSSR count). The number of benzene rings is 1. The highest BCUT2D eigenvalue weighted by Crippen LogP contribution is 2.16. The van der Waals surface area contributed by atoms with E-state index in [1.807, 2.05) is 0 Å². The molecule has 0 saturated heterocycles. The molecule has 8 heteroatoms. The van der Waals surface area contributed by atoms with Crippen molar-refractivity contribution in [2.45, 2.75) is 11.0 Å². The van der Waals surface area contributed by atoms with E-state index in [2.05, 4.69) is 5.32 Å². The summed E-state index contributed by atoms with van der Waals surface area (Å²) in [4.78, 5) is 12.1. The summed E-state index contributed by atoms with van der Waals surface area (Å²) < 4.78 is 33.1. The van der Waals surface area contributed by atoms with Gasteiger partial charge in [0.15, 0.2) is 9.84 Å². The standard InChI is InChI=1S/C13H20N2O5S/c1-19-8-11(20-2)7-15-13(16)9-4-10(14)6-12(5-9)21(3,17)18/h4-6,11H,7-8,14H2,1-3H3,(H,15,16). The van der Waals surface area contributed by atoms with Crippen LogP contribution in [0.5, 0.6) is 0 Å². The van der Waals surface area contributed by atoms with E-state index in [0.29, 0.717) is 6.61 Å². The van der Waals surface area contributed by atoms with Crippen LogP contribution in [0.1, 0.15) is 10.4 Å². The predicted molar refractivity (Wildman–Crippen MR) is 79.0 cm³/mol. The van der Waals surface area contributed by atoms with Crippen molar-refractivity contribution in [3.63, 3.8) is 0 Å². The van der Waals surface area contributed by atoms with Gasteiger partial charge in [-0.3, -0.25) is 4.79 Å². The number of anilines is 1. The minimum Gasteiger partial charge on any atom is -0.399 e. The molecule has 1 aromatic carbocycles. The van der Waals surface area contributed by atoms with Crippen molar-refractivity contribution < 1.29 is 22.7 Å². The lowest BCUT2D eigenvalue weighted by Crippen LogP contribution is -2.35. The van der Waals surface area contributed by atoms with E-state index >= 15 is 0 Å². The zero-order valence-corrected chi connectivity index (χ0v) is 13.1. The van der Waals surface area contributed by atoms with E-state index in [1.165, 1.54) is 32.4 Å². The van der Waals surface area contributed by atoms with Gasteiger partial charge >= 0.3 is 0 Å². The monoisotopic (exact) mass is 316 g/mol. The number of ether oxygens (including phenoxy) is 2. The van der Waals surface area contributed by atoms with Crippen molar-refractivity contribution in [1.82, 2.24) is 5.32 Å². The van der Waals surface area contributed by atoms with Crippen molar-refractivity contribution in [1.29, 1.82) is 0 Å². The third kappa shape index (κ3) is 5.33. The summed E-state index contributed by atoms with van der Waals surface area (Å²) in [6.45, 7) is 0.578. The summed E-state index contributed by atoms with van der Waals surface area (Å²) in [5.74, 6) is -0.426. The minimum atomic E-state index is -3.43. The van der Waals surface area contributed by atoms with Gasteiger partial charge in [-0.05, 0) is 18.2 Å². The summed E-state index contributed by atoms with van der Waals surface area (Å²) in [6.07, 6.45) is 0.776. The molecule has 0 aliphatic rings. The predicted octanol–water partition coefficient (Wildman–Crippen LogP) is 0.0635. The number of nitrogen functional groups attached to an aromatic ring is 1. The smallest absolute Gasteiger partial charge is 0.251 e. The second-order valence-electron chi connectivity index (χ2n) is 4.59. The number of methoxy groups -OCH3 is 2. The number of hydrogen-bond acceptors (Lipinski definition) is 6. The number of amides is 1. The molecule has 0 aliphatic carbocycles. The SMILES string of the molecule is COCC(CNC(=O)c1cc(N)cc(S(C)(=O)=O)c1)OC. The molecule has 7 nitrogen and oxygen atoms in total. The Labute approximate surface area is 124 Å². The Morgan fingerprint density at radius 1 is 1.33 bits per heavy atom. The zero-order valence-electron chi connectivity index (χ0n) is 12.3. The number of sulfone groups is 1. The van der Waals surface area contributed by atoms with Crippen LogP contribution in [0.25, 0.3) is 0 Å². The summed E-state index contributed by atoms with van der Waals surface area (Å²) in [5, 5.41) is 2.65. The lowest BCUT2D eigenvalue weighted by atomic mass is 10.2. The first-order chi connectivity index (χ1) is 9.77. The van der Waals surface area contributed by atoms with Crippen LogP contribution in [-0.4, -0.2) is 54.1 Å². The highest BCUT2D eigenvalue weighted by Gasteiger charge is 2.15. The number of nitrogens with one attached hydrogen (secondary N) is 1. The number of hydrogen-bond donors (Lipinski definition) is 2. The largest absolute Gasteiger partial charge is 0.399 e. The van der Waals surface area contributed by atoms with Crippen LogP contribution in [0.2, 0.25) is 0 Å². The van der Waals surface area contributed by atoms with Gasteiger partial charge in [0.25, 0.3) is 5.91 Å². The Balaban J connectivity index is 2.86. The van der Waals surface area contributed by atoms with Crippen LogP contribution in [-0.2, 0) is 19.3 Å². The Morgan fingerprint density at radius 3 is 2.52 bits per heavy atom. The lowest BCUT2D eigenvalue weighted by molar-refractivity contribution is 0.0285. The molecule has 0 aliphatic heterocycles. The minimum absolute atomic E-state index is 0.00725. The molecular formula is C13H20N2O5S. The Morgan fingerprint density at radius 2 is 2.00 bits per heavy atom. The Kier molecular flexibility index (Phi) is 6.13. The second kappa shape index (κ2) is 7.39. The van der Waals surface area contributed by atoms with Gasteiger partial charge in [-0.25, -0.2) is 8.42 Å². The fourth-order valence-electron chi connectivity index (χ4n) is 1.67. The van der Waals surface area contributed by atoms with Crippen molar-refractivity contribution in [2.75, 3.05) is 39.4 Å². The molecule has 0 saturated carbocycles.